The molecule has 3 rings (SSSR count). The monoisotopic (exact) mass is 334 g/mol. The molecule has 0 aromatic heterocycles. The topological polar surface area (TPSA) is 49.4 Å². The first-order valence-electron chi connectivity index (χ1n) is 6.96. The minimum absolute atomic E-state index is 0. The first kappa shape index (κ1) is 16.7. The van der Waals surface area contributed by atoms with E-state index >= 15 is 0 Å². The van der Waals surface area contributed by atoms with E-state index < -0.39 is 15.8 Å². The third kappa shape index (κ3) is 3.23. The van der Waals surface area contributed by atoms with Crippen molar-refractivity contribution in [2.24, 2.45) is 0 Å². The number of hydrogen-bond donors (Lipinski definition) is 1. The van der Waals surface area contributed by atoms with Crippen molar-refractivity contribution in [2.75, 3.05) is 7.05 Å². The van der Waals surface area contributed by atoms with Crippen molar-refractivity contribution in [1.29, 1.82) is 0 Å². The maximum Gasteiger partial charge on any atom is 0.243 e. The lowest BCUT2D eigenvalue weighted by molar-refractivity contribution is 0.251. The van der Waals surface area contributed by atoms with Crippen molar-refractivity contribution < 1.29 is 12.8 Å². The SMILES string of the molecule is CN(C1CC2CCC(C1)N2)S(=O)(=O)c1ccc(F)cc1.Cl. The predicted octanol–water partition coefficient (Wildman–Crippen LogP) is 2.15. The summed E-state index contributed by atoms with van der Waals surface area (Å²) in [7, 11) is -1.90. The molecule has 1 aromatic carbocycles. The summed E-state index contributed by atoms with van der Waals surface area (Å²) in [6.07, 6.45) is 3.97. The van der Waals surface area contributed by atoms with Gasteiger partial charge in [0.25, 0.3) is 0 Å². The zero-order chi connectivity index (χ0) is 14.3. The number of nitrogens with zero attached hydrogens (tertiary/aromatic N) is 1. The van der Waals surface area contributed by atoms with Gasteiger partial charge in [0.2, 0.25) is 10.0 Å². The second-order valence-electron chi connectivity index (χ2n) is 5.74. The first-order chi connectivity index (χ1) is 9.46. The highest BCUT2D eigenvalue weighted by Crippen LogP contribution is 2.31. The summed E-state index contributed by atoms with van der Waals surface area (Å²) >= 11 is 0. The Morgan fingerprint density at radius 1 is 1.14 bits per heavy atom. The molecule has 2 unspecified atom stereocenters. The van der Waals surface area contributed by atoms with Gasteiger partial charge in [0.05, 0.1) is 4.90 Å². The molecule has 21 heavy (non-hydrogen) atoms. The molecule has 0 saturated carbocycles. The average Bonchev–Trinajstić information content (AvgIpc) is 2.77. The summed E-state index contributed by atoms with van der Waals surface area (Å²) in [6, 6.07) is 5.94. The van der Waals surface area contributed by atoms with E-state index in [1.807, 2.05) is 0 Å². The van der Waals surface area contributed by atoms with Crippen LogP contribution in [0.4, 0.5) is 4.39 Å². The number of piperidine rings is 1. The van der Waals surface area contributed by atoms with E-state index in [9.17, 15) is 12.8 Å². The van der Waals surface area contributed by atoms with Gasteiger partial charge in [-0.25, -0.2) is 12.8 Å². The summed E-state index contributed by atoms with van der Waals surface area (Å²) in [5.74, 6) is -0.425. The van der Waals surface area contributed by atoms with Crippen molar-refractivity contribution in [3.8, 4) is 0 Å². The van der Waals surface area contributed by atoms with Crippen LogP contribution in [-0.2, 0) is 10.0 Å². The number of sulfonamides is 1. The van der Waals surface area contributed by atoms with Crippen LogP contribution in [0, 0.1) is 5.82 Å². The molecular formula is C14H20ClFN2O2S. The predicted molar refractivity (Wildman–Crippen MR) is 81.6 cm³/mol. The van der Waals surface area contributed by atoms with Gasteiger partial charge in [0, 0.05) is 25.2 Å². The van der Waals surface area contributed by atoms with Crippen LogP contribution in [0.15, 0.2) is 29.2 Å². The third-order valence-electron chi connectivity index (χ3n) is 4.45. The van der Waals surface area contributed by atoms with E-state index in [2.05, 4.69) is 5.32 Å². The van der Waals surface area contributed by atoms with E-state index in [0.29, 0.717) is 12.1 Å². The van der Waals surface area contributed by atoms with Gasteiger partial charge in [-0.2, -0.15) is 4.31 Å². The van der Waals surface area contributed by atoms with Gasteiger partial charge in [0.1, 0.15) is 5.82 Å². The highest BCUT2D eigenvalue weighted by molar-refractivity contribution is 7.89. The molecule has 2 atom stereocenters. The quantitative estimate of drug-likeness (QED) is 0.921. The Hall–Kier alpha value is -0.690. The van der Waals surface area contributed by atoms with E-state index in [0.717, 1.165) is 25.7 Å². The smallest absolute Gasteiger partial charge is 0.243 e. The Labute approximate surface area is 131 Å². The lowest BCUT2D eigenvalue weighted by atomic mass is 10.0. The van der Waals surface area contributed by atoms with Gasteiger partial charge in [-0.1, -0.05) is 0 Å². The Bertz CT molecular complexity index is 581. The molecule has 118 valence electrons. The lowest BCUT2D eigenvalue weighted by Crippen LogP contribution is -2.48. The summed E-state index contributed by atoms with van der Waals surface area (Å²) < 4.78 is 39.5. The minimum Gasteiger partial charge on any atom is -0.311 e. The van der Waals surface area contributed by atoms with Gasteiger partial charge in [-0.05, 0) is 49.9 Å². The van der Waals surface area contributed by atoms with Gasteiger partial charge >= 0.3 is 0 Å². The standard InChI is InChI=1S/C14H19FN2O2S.ClH/c1-17(13-8-11-4-5-12(9-13)16-11)20(18,19)14-6-2-10(15)3-7-14;/h2-3,6-7,11-13,16H,4-5,8-9H2,1H3;1H. The van der Waals surface area contributed by atoms with Crippen molar-refractivity contribution in [1.82, 2.24) is 9.62 Å². The van der Waals surface area contributed by atoms with Crippen LogP contribution < -0.4 is 5.32 Å². The zero-order valence-corrected chi connectivity index (χ0v) is 13.5. The molecule has 0 spiro atoms. The number of nitrogens with one attached hydrogen (secondary N) is 1. The third-order valence-corrected chi connectivity index (χ3v) is 6.38. The summed E-state index contributed by atoms with van der Waals surface area (Å²) in [5, 5.41) is 3.50. The van der Waals surface area contributed by atoms with Gasteiger partial charge in [0.15, 0.2) is 0 Å². The zero-order valence-electron chi connectivity index (χ0n) is 11.8. The highest BCUT2D eigenvalue weighted by Gasteiger charge is 2.38. The number of rotatable bonds is 3. The number of fused-ring (bicyclic) bond motifs is 2. The Morgan fingerprint density at radius 2 is 1.67 bits per heavy atom. The molecule has 0 amide bonds. The molecule has 2 fully saturated rings. The summed E-state index contributed by atoms with van der Waals surface area (Å²) in [6.45, 7) is 0. The van der Waals surface area contributed by atoms with E-state index in [-0.39, 0.29) is 23.3 Å². The molecular weight excluding hydrogens is 315 g/mol. The van der Waals surface area contributed by atoms with E-state index in [1.54, 1.807) is 7.05 Å². The molecule has 2 aliphatic rings. The second-order valence-corrected chi connectivity index (χ2v) is 7.74. The molecule has 1 aromatic rings. The van der Waals surface area contributed by atoms with Crippen molar-refractivity contribution in [3.63, 3.8) is 0 Å². The van der Waals surface area contributed by atoms with Crippen LogP contribution in [-0.4, -0.2) is 37.9 Å². The largest absolute Gasteiger partial charge is 0.311 e. The van der Waals surface area contributed by atoms with Crippen molar-refractivity contribution in [3.05, 3.63) is 30.1 Å². The lowest BCUT2D eigenvalue weighted by Gasteiger charge is -2.34. The van der Waals surface area contributed by atoms with Gasteiger partial charge in [-0.15, -0.1) is 12.4 Å². The first-order valence-corrected chi connectivity index (χ1v) is 8.40. The fraction of sp³-hybridized carbons (Fsp3) is 0.571. The summed E-state index contributed by atoms with van der Waals surface area (Å²) in [5.41, 5.74) is 0. The van der Waals surface area contributed by atoms with Crippen LogP contribution in [0.3, 0.4) is 0 Å². The fourth-order valence-corrected chi connectivity index (χ4v) is 4.67. The molecule has 2 aliphatic heterocycles. The molecule has 2 saturated heterocycles. The molecule has 2 bridgehead atoms. The Balaban J connectivity index is 0.00000161. The molecule has 0 radical (unpaired) electrons. The molecule has 0 aliphatic carbocycles. The fourth-order valence-electron chi connectivity index (χ4n) is 3.29. The highest BCUT2D eigenvalue weighted by atomic mass is 35.5. The normalized spacial score (nSPS) is 28.4. The summed E-state index contributed by atoms with van der Waals surface area (Å²) in [4.78, 5) is 0.160. The van der Waals surface area contributed by atoms with Crippen molar-refractivity contribution >= 4 is 22.4 Å². The molecule has 4 nitrogen and oxygen atoms in total. The van der Waals surface area contributed by atoms with Crippen LogP contribution >= 0.6 is 12.4 Å². The van der Waals surface area contributed by atoms with Crippen LogP contribution in [0.1, 0.15) is 25.7 Å². The minimum atomic E-state index is -3.54. The maximum absolute atomic E-state index is 12.9. The van der Waals surface area contributed by atoms with Crippen molar-refractivity contribution in [2.45, 2.75) is 48.7 Å². The molecule has 7 heteroatoms. The van der Waals surface area contributed by atoms with Crippen LogP contribution in [0.25, 0.3) is 0 Å². The number of halogens is 2. The maximum atomic E-state index is 12.9. The van der Waals surface area contributed by atoms with Crippen LogP contribution in [0.2, 0.25) is 0 Å². The Kier molecular flexibility index (Phi) is 4.92. The van der Waals surface area contributed by atoms with Crippen LogP contribution in [0.5, 0.6) is 0 Å². The second kappa shape index (κ2) is 6.20. The Morgan fingerprint density at radius 3 is 2.19 bits per heavy atom. The van der Waals surface area contributed by atoms with E-state index in [1.165, 1.54) is 28.6 Å². The number of benzene rings is 1. The molecule has 1 N–H and O–H groups in total. The average molecular weight is 335 g/mol. The molecule has 2 heterocycles. The van der Waals surface area contributed by atoms with Gasteiger partial charge < -0.3 is 5.32 Å². The van der Waals surface area contributed by atoms with E-state index in [4.69, 9.17) is 0 Å². The number of hydrogen-bond acceptors (Lipinski definition) is 3. The van der Waals surface area contributed by atoms with Gasteiger partial charge in [-0.3, -0.25) is 0 Å².